The summed E-state index contributed by atoms with van der Waals surface area (Å²) in [6, 6.07) is 8.60. The first kappa shape index (κ1) is 23.6. The van der Waals surface area contributed by atoms with Crippen molar-refractivity contribution < 1.29 is 9.53 Å². The SMILES string of the molecule is CC1CCN(c2cc(C3(OCCN(C)C)CCC3)ccc2NC(=O)C2=CC(C#N)CN2)CC1. The molecule has 1 aromatic rings. The highest BCUT2D eigenvalue weighted by atomic mass is 16.5. The summed E-state index contributed by atoms with van der Waals surface area (Å²) >= 11 is 0. The molecule has 1 aromatic carbocycles. The second-order valence-electron chi connectivity index (χ2n) is 10.1. The number of benzene rings is 1. The van der Waals surface area contributed by atoms with Crippen LogP contribution in [0, 0.1) is 23.2 Å². The molecule has 2 heterocycles. The third-order valence-corrected chi connectivity index (χ3v) is 7.27. The first-order chi connectivity index (χ1) is 15.9. The Morgan fingerprint density at radius 2 is 2.09 bits per heavy atom. The maximum absolute atomic E-state index is 12.9. The molecule has 7 heteroatoms. The van der Waals surface area contributed by atoms with E-state index >= 15 is 0 Å². The summed E-state index contributed by atoms with van der Waals surface area (Å²) in [7, 11) is 4.13. The van der Waals surface area contributed by atoms with Gasteiger partial charge in [-0.15, -0.1) is 0 Å². The van der Waals surface area contributed by atoms with Gasteiger partial charge in [0.1, 0.15) is 0 Å². The number of rotatable bonds is 8. The lowest BCUT2D eigenvalue weighted by molar-refractivity contribution is -0.113. The first-order valence-corrected chi connectivity index (χ1v) is 12.2. The molecule has 7 nitrogen and oxygen atoms in total. The largest absolute Gasteiger partial charge is 0.379 e. The molecule has 1 aliphatic carbocycles. The van der Waals surface area contributed by atoms with Gasteiger partial charge in [-0.25, -0.2) is 0 Å². The third-order valence-electron chi connectivity index (χ3n) is 7.27. The number of likely N-dealkylation sites (N-methyl/N-ethyl adjacent to an activating group) is 1. The number of piperidine rings is 1. The minimum atomic E-state index is -0.256. The summed E-state index contributed by atoms with van der Waals surface area (Å²) in [6.07, 6.45) is 7.27. The predicted molar refractivity (Wildman–Crippen MR) is 131 cm³/mol. The fourth-order valence-corrected chi connectivity index (χ4v) is 4.84. The maximum atomic E-state index is 12.9. The molecule has 1 amide bonds. The van der Waals surface area contributed by atoms with Crippen LogP contribution in [0.1, 0.15) is 44.6 Å². The monoisotopic (exact) mass is 451 g/mol. The molecular formula is C26H37N5O2. The van der Waals surface area contributed by atoms with Crippen LogP contribution in [0.2, 0.25) is 0 Å². The zero-order chi connectivity index (χ0) is 23.4. The fraction of sp³-hybridized carbons (Fsp3) is 0.615. The standard InChI is InChI=1S/C26H37N5O2/c1-19-7-11-31(12-8-19)24-16-21(26(9-4-10-26)33-14-13-30(2)3)5-6-22(24)29-25(32)23-15-20(17-27)18-28-23/h5-6,15-16,19-20,28H,4,7-14,18H2,1-3H3,(H,29,32). The molecule has 2 aliphatic heterocycles. The van der Waals surface area contributed by atoms with Gasteiger partial charge in [0.2, 0.25) is 0 Å². The zero-order valence-electron chi connectivity index (χ0n) is 20.2. The van der Waals surface area contributed by atoms with E-state index in [2.05, 4.69) is 59.7 Å². The number of ether oxygens (including phenoxy) is 1. The number of amides is 1. The van der Waals surface area contributed by atoms with Crippen LogP contribution in [0.15, 0.2) is 30.0 Å². The van der Waals surface area contributed by atoms with Crippen molar-refractivity contribution >= 4 is 17.3 Å². The highest BCUT2D eigenvalue weighted by Gasteiger charge is 2.40. The van der Waals surface area contributed by atoms with Crippen molar-refractivity contribution in [2.45, 2.75) is 44.6 Å². The summed E-state index contributed by atoms with van der Waals surface area (Å²) < 4.78 is 6.45. The molecule has 0 radical (unpaired) electrons. The zero-order valence-corrected chi connectivity index (χ0v) is 20.2. The van der Waals surface area contributed by atoms with E-state index in [0.717, 1.165) is 62.6 Å². The van der Waals surface area contributed by atoms with E-state index in [9.17, 15) is 4.79 Å². The minimum absolute atomic E-state index is 0.187. The van der Waals surface area contributed by atoms with Crippen molar-refractivity contribution in [2.75, 3.05) is 57.1 Å². The lowest BCUT2D eigenvalue weighted by atomic mass is 9.74. The summed E-state index contributed by atoms with van der Waals surface area (Å²) in [6.45, 7) is 6.38. The summed E-state index contributed by atoms with van der Waals surface area (Å²) in [5, 5.41) is 15.3. The lowest BCUT2D eigenvalue weighted by Crippen LogP contribution is -2.39. The average Bonchev–Trinajstić information content (AvgIpc) is 3.26. The number of carbonyl (C=O) groups is 1. The van der Waals surface area contributed by atoms with Crippen LogP contribution in [0.4, 0.5) is 11.4 Å². The van der Waals surface area contributed by atoms with Gasteiger partial charge in [0.15, 0.2) is 0 Å². The van der Waals surface area contributed by atoms with Gasteiger partial charge in [-0.3, -0.25) is 4.79 Å². The van der Waals surface area contributed by atoms with E-state index in [-0.39, 0.29) is 17.4 Å². The Bertz CT molecular complexity index is 923. The second-order valence-corrected chi connectivity index (χ2v) is 10.1. The molecule has 1 saturated heterocycles. The van der Waals surface area contributed by atoms with E-state index in [1.165, 1.54) is 12.0 Å². The van der Waals surface area contributed by atoms with E-state index in [1.807, 2.05) is 6.07 Å². The van der Waals surface area contributed by atoms with Crippen LogP contribution >= 0.6 is 0 Å². The molecule has 2 fully saturated rings. The van der Waals surface area contributed by atoms with E-state index in [1.54, 1.807) is 6.08 Å². The van der Waals surface area contributed by atoms with Crippen LogP contribution in [0.5, 0.6) is 0 Å². The van der Waals surface area contributed by atoms with Crippen LogP contribution in [-0.2, 0) is 15.1 Å². The highest BCUT2D eigenvalue weighted by molar-refractivity contribution is 6.05. The van der Waals surface area contributed by atoms with Crippen LogP contribution in [-0.4, -0.2) is 57.7 Å². The van der Waals surface area contributed by atoms with Crippen molar-refractivity contribution in [3.63, 3.8) is 0 Å². The number of anilines is 2. The Morgan fingerprint density at radius 3 is 2.70 bits per heavy atom. The molecule has 1 atom stereocenters. The van der Waals surface area contributed by atoms with Crippen molar-refractivity contribution in [3.8, 4) is 6.07 Å². The Morgan fingerprint density at radius 1 is 1.33 bits per heavy atom. The van der Waals surface area contributed by atoms with Gasteiger partial charge < -0.3 is 25.2 Å². The first-order valence-electron chi connectivity index (χ1n) is 12.2. The number of hydrogen-bond donors (Lipinski definition) is 2. The molecule has 0 bridgehead atoms. The maximum Gasteiger partial charge on any atom is 0.271 e. The summed E-state index contributed by atoms with van der Waals surface area (Å²) in [4.78, 5) is 17.5. The van der Waals surface area contributed by atoms with E-state index < -0.39 is 0 Å². The normalized spacial score (nSPS) is 22.3. The molecule has 3 aliphatic rings. The minimum Gasteiger partial charge on any atom is -0.379 e. The van der Waals surface area contributed by atoms with Gasteiger partial charge in [0, 0.05) is 26.2 Å². The smallest absolute Gasteiger partial charge is 0.271 e. The Labute approximate surface area is 197 Å². The average molecular weight is 452 g/mol. The molecule has 1 saturated carbocycles. The van der Waals surface area contributed by atoms with Gasteiger partial charge in [-0.2, -0.15) is 5.26 Å². The van der Waals surface area contributed by atoms with Gasteiger partial charge in [0.05, 0.1) is 41.3 Å². The topological polar surface area (TPSA) is 80.6 Å². The Kier molecular flexibility index (Phi) is 7.26. The van der Waals surface area contributed by atoms with Crippen molar-refractivity contribution in [2.24, 2.45) is 11.8 Å². The molecule has 178 valence electrons. The number of nitrogens with one attached hydrogen (secondary N) is 2. The summed E-state index contributed by atoms with van der Waals surface area (Å²) in [5.41, 5.74) is 3.37. The quantitative estimate of drug-likeness (QED) is 0.630. The second kappa shape index (κ2) is 10.1. The van der Waals surface area contributed by atoms with Gasteiger partial charge >= 0.3 is 0 Å². The fourth-order valence-electron chi connectivity index (χ4n) is 4.84. The Hall–Kier alpha value is -2.56. The van der Waals surface area contributed by atoms with Gasteiger partial charge in [0.25, 0.3) is 5.91 Å². The molecular weight excluding hydrogens is 414 g/mol. The van der Waals surface area contributed by atoms with E-state index in [4.69, 9.17) is 10.00 Å². The van der Waals surface area contributed by atoms with Crippen molar-refractivity contribution in [1.29, 1.82) is 5.26 Å². The van der Waals surface area contributed by atoms with Crippen LogP contribution in [0.3, 0.4) is 0 Å². The highest BCUT2D eigenvalue weighted by Crippen LogP contribution is 2.47. The van der Waals surface area contributed by atoms with E-state index in [0.29, 0.717) is 18.8 Å². The molecule has 2 N–H and O–H groups in total. The predicted octanol–water partition coefficient (Wildman–Crippen LogP) is 3.45. The number of nitriles is 1. The van der Waals surface area contributed by atoms with Crippen LogP contribution < -0.4 is 15.5 Å². The number of nitrogens with zero attached hydrogens (tertiary/aromatic N) is 3. The Balaban J connectivity index is 1.58. The van der Waals surface area contributed by atoms with Gasteiger partial charge in [-0.05, 0) is 75.9 Å². The molecule has 33 heavy (non-hydrogen) atoms. The van der Waals surface area contributed by atoms with Crippen molar-refractivity contribution in [1.82, 2.24) is 10.2 Å². The third kappa shape index (κ3) is 5.34. The number of hydrogen-bond acceptors (Lipinski definition) is 6. The molecule has 0 aromatic heterocycles. The molecule has 0 spiro atoms. The summed E-state index contributed by atoms with van der Waals surface area (Å²) in [5.74, 6) is 0.285. The molecule has 1 unspecified atom stereocenters. The molecule has 4 rings (SSSR count). The lowest BCUT2D eigenvalue weighted by Gasteiger charge is -2.43. The van der Waals surface area contributed by atoms with Crippen LogP contribution in [0.25, 0.3) is 0 Å². The number of carbonyl (C=O) groups excluding carboxylic acids is 1. The van der Waals surface area contributed by atoms with Gasteiger partial charge in [-0.1, -0.05) is 13.0 Å². The van der Waals surface area contributed by atoms with Crippen molar-refractivity contribution in [3.05, 3.63) is 35.5 Å².